The van der Waals surface area contributed by atoms with Crippen molar-refractivity contribution in [2.75, 3.05) is 0 Å². The second-order valence-electron chi connectivity index (χ2n) is 7.18. The molecule has 1 aromatic heterocycles. The molecule has 1 aliphatic carbocycles. The third-order valence-corrected chi connectivity index (χ3v) is 5.71. The summed E-state index contributed by atoms with van der Waals surface area (Å²) in [5, 5.41) is 2.26. The molecule has 23 heavy (non-hydrogen) atoms. The zero-order valence-electron chi connectivity index (χ0n) is 14.7. The molecular weight excluding hydrogens is 302 g/mol. The van der Waals surface area contributed by atoms with Gasteiger partial charge in [-0.05, 0) is 48.9 Å². The molecule has 1 aliphatic rings. The first-order valence-electron chi connectivity index (χ1n) is 9.54. The summed E-state index contributed by atoms with van der Waals surface area (Å²) in [5.41, 5.74) is 4.53. The van der Waals surface area contributed by atoms with Gasteiger partial charge in [-0.15, -0.1) is 0 Å². The lowest BCUT2D eigenvalue weighted by Gasteiger charge is -2.15. The van der Waals surface area contributed by atoms with E-state index in [2.05, 4.69) is 36.6 Å². The molecule has 0 amide bonds. The van der Waals surface area contributed by atoms with Crippen molar-refractivity contribution in [1.29, 1.82) is 0 Å². The molecule has 2 heteroatoms. The van der Waals surface area contributed by atoms with Crippen LogP contribution < -0.4 is 0 Å². The van der Waals surface area contributed by atoms with Gasteiger partial charge in [-0.3, -0.25) is 0 Å². The van der Waals surface area contributed by atoms with Crippen molar-refractivity contribution in [2.24, 2.45) is 5.92 Å². The summed E-state index contributed by atoms with van der Waals surface area (Å²) < 4.78 is 2.62. The average molecular weight is 332 g/mol. The molecule has 1 heterocycles. The van der Waals surface area contributed by atoms with Gasteiger partial charge < -0.3 is 4.57 Å². The number of rotatable bonds is 7. The van der Waals surface area contributed by atoms with E-state index in [-0.39, 0.29) is 0 Å². The molecule has 0 spiro atoms. The van der Waals surface area contributed by atoms with Crippen LogP contribution in [0.4, 0.5) is 0 Å². The van der Waals surface area contributed by atoms with Crippen LogP contribution in [0.2, 0.25) is 5.02 Å². The zero-order chi connectivity index (χ0) is 16.2. The van der Waals surface area contributed by atoms with Crippen LogP contribution in [0, 0.1) is 5.92 Å². The second-order valence-corrected chi connectivity index (χ2v) is 7.61. The summed E-state index contributed by atoms with van der Waals surface area (Å²) in [6.45, 7) is 5.76. The van der Waals surface area contributed by atoms with E-state index in [4.69, 9.17) is 11.6 Å². The smallest absolute Gasteiger partial charge is 0.0486 e. The monoisotopic (exact) mass is 331 g/mol. The van der Waals surface area contributed by atoms with Crippen LogP contribution in [0.15, 0.2) is 18.2 Å². The van der Waals surface area contributed by atoms with Crippen molar-refractivity contribution in [3.8, 4) is 0 Å². The van der Waals surface area contributed by atoms with Crippen molar-refractivity contribution in [3.63, 3.8) is 0 Å². The highest BCUT2D eigenvalue weighted by molar-refractivity contribution is 6.31. The average Bonchev–Trinajstić information content (AvgIpc) is 3.14. The SMILES string of the molecule is CCCc1c(CCC)n(CCC2CCCC2)c2ccc(Cl)cc12. The number of nitrogens with zero attached hydrogens (tertiary/aromatic N) is 1. The Balaban J connectivity index is 1.99. The third kappa shape index (κ3) is 3.60. The summed E-state index contributed by atoms with van der Waals surface area (Å²) >= 11 is 6.30. The van der Waals surface area contributed by atoms with Gasteiger partial charge in [0, 0.05) is 28.2 Å². The molecule has 1 saturated carbocycles. The summed E-state index contributed by atoms with van der Waals surface area (Å²) in [6.07, 6.45) is 11.9. The van der Waals surface area contributed by atoms with E-state index >= 15 is 0 Å². The lowest BCUT2D eigenvalue weighted by atomic mass is 10.0. The number of hydrogen-bond acceptors (Lipinski definition) is 0. The van der Waals surface area contributed by atoms with Gasteiger partial charge in [0.05, 0.1) is 0 Å². The van der Waals surface area contributed by atoms with Crippen LogP contribution >= 0.6 is 11.6 Å². The highest BCUT2D eigenvalue weighted by Crippen LogP contribution is 2.33. The Hall–Kier alpha value is -0.950. The van der Waals surface area contributed by atoms with E-state index < -0.39 is 0 Å². The molecule has 0 aliphatic heterocycles. The van der Waals surface area contributed by atoms with Crippen molar-refractivity contribution in [2.45, 2.75) is 78.2 Å². The topological polar surface area (TPSA) is 4.93 Å². The van der Waals surface area contributed by atoms with Gasteiger partial charge in [0.2, 0.25) is 0 Å². The molecular formula is C21H30ClN. The molecule has 2 aromatic rings. The first kappa shape index (κ1) is 16.9. The van der Waals surface area contributed by atoms with Gasteiger partial charge in [0.15, 0.2) is 0 Å². The first-order chi connectivity index (χ1) is 11.2. The summed E-state index contributed by atoms with van der Waals surface area (Å²) in [6, 6.07) is 6.49. The van der Waals surface area contributed by atoms with E-state index in [1.165, 1.54) is 75.2 Å². The molecule has 0 bridgehead atoms. The summed E-state index contributed by atoms with van der Waals surface area (Å²) in [5.74, 6) is 0.948. The standard InChI is InChI=1S/C21H30ClN/c1-3-7-18-19-15-17(22)11-12-21(19)23(20(18)8-4-2)14-13-16-9-5-6-10-16/h11-12,15-16H,3-10,13-14H2,1-2H3. The summed E-state index contributed by atoms with van der Waals surface area (Å²) in [4.78, 5) is 0. The molecule has 1 aromatic carbocycles. The predicted molar refractivity (Wildman–Crippen MR) is 102 cm³/mol. The Morgan fingerprint density at radius 1 is 1.09 bits per heavy atom. The minimum Gasteiger partial charge on any atom is -0.344 e. The number of fused-ring (bicyclic) bond motifs is 1. The van der Waals surface area contributed by atoms with Gasteiger partial charge in [-0.25, -0.2) is 0 Å². The molecule has 1 fully saturated rings. The van der Waals surface area contributed by atoms with Crippen LogP contribution in [0.1, 0.15) is 70.1 Å². The Kier molecular flexibility index (Phi) is 5.69. The number of aromatic nitrogens is 1. The van der Waals surface area contributed by atoms with Crippen LogP contribution in [0.3, 0.4) is 0 Å². The lowest BCUT2D eigenvalue weighted by Crippen LogP contribution is -2.08. The highest BCUT2D eigenvalue weighted by atomic mass is 35.5. The molecule has 3 rings (SSSR count). The Labute approximate surface area is 146 Å². The molecule has 0 atom stereocenters. The van der Waals surface area contributed by atoms with Gasteiger partial charge in [-0.1, -0.05) is 64.0 Å². The van der Waals surface area contributed by atoms with Gasteiger partial charge >= 0.3 is 0 Å². The van der Waals surface area contributed by atoms with Crippen LogP contribution in [0.5, 0.6) is 0 Å². The Morgan fingerprint density at radius 3 is 2.52 bits per heavy atom. The molecule has 126 valence electrons. The van der Waals surface area contributed by atoms with E-state index in [0.717, 1.165) is 10.9 Å². The van der Waals surface area contributed by atoms with E-state index in [9.17, 15) is 0 Å². The number of hydrogen-bond donors (Lipinski definition) is 0. The lowest BCUT2D eigenvalue weighted by molar-refractivity contribution is 0.457. The molecule has 0 N–H and O–H groups in total. The maximum absolute atomic E-state index is 6.30. The third-order valence-electron chi connectivity index (χ3n) is 5.47. The fourth-order valence-corrected chi connectivity index (χ4v) is 4.54. The van der Waals surface area contributed by atoms with Crippen LogP contribution in [0.25, 0.3) is 10.9 Å². The van der Waals surface area contributed by atoms with Crippen LogP contribution in [-0.2, 0) is 19.4 Å². The maximum atomic E-state index is 6.30. The number of benzene rings is 1. The van der Waals surface area contributed by atoms with Crippen molar-refractivity contribution in [1.82, 2.24) is 4.57 Å². The fraction of sp³-hybridized carbons (Fsp3) is 0.619. The van der Waals surface area contributed by atoms with Gasteiger partial charge in [0.25, 0.3) is 0 Å². The molecule has 1 nitrogen and oxygen atoms in total. The highest BCUT2D eigenvalue weighted by Gasteiger charge is 2.19. The largest absolute Gasteiger partial charge is 0.344 e. The molecule has 0 radical (unpaired) electrons. The zero-order valence-corrected chi connectivity index (χ0v) is 15.5. The predicted octanol–water partition coefficient (Wildman–Crippen LogP) is 6.78. The van der Waals surface area contributed by atoms with Gasteiger partial charge in [-0.2, -0.15) is 0 Å². The first-order valence-corrected chi connectivity index (χ1v) is 9.91. The minimum absolute atomic E-state index is 0.867. The van der Waals surface area contributed by atoms with E-state index in [1.807, 2.05) is 0 Å². The molecule has 0 saturated heterocycles. The van der Waals surface area contributed by atoms with Crippen molar-refractivity contribution in [3.05, 3.63) is 34.5 Å². The van der Waals surface area contributed by atoms with E-state index in [1.54, 1.807) is 11.3 Å². The second kappa shape index (κ2) is 7.75. The van der Waals surface area contributed by atoms with E-state index in [0.29, 0.717) is 0 Å². The Bertz CT molecular complexity index is 649. The maximum Gasteiger partial charge on any atom is 0.0486 e. The normalized spacial score (nSPS) is 15.8. The Morgan fingerprint density at radius 2 is 1.83 bits per heavy atom. The van der Waals surface area contributed by atoms with Crippen molar-refractivity contribution < 1.29 is 0 Å². The summed E-state index contributed by atoms with van der Waals surface area (Å²) in [7, 11) is 0. The quantitative estimate of drug-likeness (QED) is 0.527. The number of halogens is 1. The minimum atomic E-state index is 0.867. The molecule has 0 unspecified atom stereocenters. The fourth-order valence-electron chi connectivity index (χ4n) is 4.37. The van der Waals surface area contributed by atoms with Gasteiger partial charge in [0.1, 0.15) is 0 Å². The van der Waals surface area contributed by atoms with Crippen molar-refractivity contribution >= 4 is 22.5 Å². The van der Waals surface area contributed by atoms with Crippen LogP contribution in [-0.4, -0.2) is 4.57 Å². The number of aryl methyl sites for hydroxylation is 2.